The molecule has 0 spiro atoms. The number of rotatable bonds is 3. The molecule has 0 fully saturated rings. The van der Waals surface area contributed by atoms with Crippen molar-refractivity contribution in [2.24, 2.45) is 5.10 Å². The molecule has 0 amide bonds. The van der Waals surface area contributed by atoms with Crippen molar-refractivity contribution in [2.75, 3.05) is 5.43 Å². The van der Waals surface area contributed by atoms with E-state index in [0.717, 1.165) is 11.3 Å². The molecule has 0 aliphatic heterocycles. The van der Waals surface area contributed by atoms with E-state index in [2.05, 4.69) is 38.1 Å². The van der Waals surface area contributed by atoms with Crippen molar-refractivity contribution in [2.45, 2.75) is 0 Å². The molecular weight excluding hydrogens is 313 g/mol. The van der Waals surface area contributed by atoms with E-state index in [-0.39, 0.29) is 0 Å². The van der Waals surface area contributed by atoms with Gasteiger partial charge in [0.05, 0.1) is 11.9 Å². The molecule has 1 N–H and O–H groups in total. The number of halogens is 1. The molecule has 0 unspecified atom stereocenters. The fraction of sp³-hybridized carbons (Fsp3) is 0. The average molecular weight is 323 g/mol. The Morgan fingerprint density at radius 3 is 2.44 bits per heavy atom. The zero-order valence-corrected chi connectivity index (χ0v) is 10.6. The zero-order chi connectivity index (χ0) is 11.2. The predicted octanol–water partition coefficient (Wildman–Crippen LogP) is 3.13. The maximum Gasteiger partial charge on any atom is 0.0562 e. The van der Waals surface area contributed by atoms with Crippen LogP contribution < -0.4 is 5.43 Å². The molecule has 0 aliphatic rings. The summed E-state index contributed by atoms with van der Waals surface area (Å²) in [6.07, 6.45) is 5.25. The van der Waals surface area contributed by atoms with E-state index in [9.17, 15) is 0 Å². The van der Waals surface area contributed by atoms with Crippen molar-refractivity contribution in [3.8, 4) is 0 Å². The van der Waals surface area contributed by atoms with Crippen molar-refractivity contribution in [3.63, 3.8) is 0 Å². The van der Waals surface area contributed by atoms with E-state index in [1.165, 1.54) is 3.57 Å². The molecule has 0 atom stereocenters. The van der Waals surface area contributed by atoms with Gasteiger partial charge in [-0.3, -0.25) is 10.4 Å². The molecule has 0 aliphatic carbocycles. The summed E-state index contributed by atoms with van der Waals surface area (Å²) in [5.74, 6) is 0. The first kappa shape index (κ1) is 11.1. The second kappa shape index (κ2) is 5.60. The largest absolute Gasteiger partial charge is 0.279 e. The van der Waals surface area contributed by atoms with Crippen LogP contribution in [0.3, 0.4) is 0 Å². The lowest BCUT2D eigenvalue weighted by atomic mass is 10.3. The van der Waals surface area contributed by atoms with Crippen molar-refractivity contribution < 1.29 is 0 Å². The summed E-state index contributed by atoms with van der Waals surface area (Å²) in [4.78, 5) is 3.94. The lowest BCUT2D eigenvalue weighted by Gasteiger charge is -1.99. The van der Waals surface area contributed by atoms with Gasteiger partial charge < -0.3 is 0 Å². The number of aromatic nitrogens is 1. The molecule has 1 aromatic carbocycles. The normalized spacial score (nSPS) is 10.6. The summed E-state index contributed by atoms with van der Waals surface area (Å²) in [5, 5.41) is 4.14. The lowest BCUT2D eigenvalue weighted by molar-refractivity contribution is 1.31. The van der Waals surface area contributed by atoms with E-state index in [0.29, 0.717) is 0 Å². The molecular formula is C12H10IN3. The summed E-state index contributed by atoms with van der Waals surface area (Å²) >= 11 is 2.27. The standard InChI is InChI=1S/C12H10IN3/c13-11-1-3-12(4-2-11)16-15-9-10-5-7-14-8-6-10/h1-9,16H/b15-9+. The molecule has 0 saturated heterocycles. The summed E-state index contributed by atoms with van der Waals surface area (Å²) in [5.41, 5.74) is 4.96. The number of hydrazone groups is 1. The molecule has 0 bridgehead atoms. The van der Waals surface area contributed by atoms with E-state index in [4.69, 9.17) is 0 Å². The molecule has 1 heterocycles. The lowest BCUT2D eigenvalue weighted by Crippen LogP contribution is -1.90. The molecule has 16 heavy (non-hydrogen) atoms. The third kappa shape index (κ3) is 3.30. The Labute approximate surface area is 108 Å². The molecule has 0 saturated carbocycles. The number of hydrogen-bond donors (Lipinski definition) is 1. The molecule has 4 heteroatoms. The number of nitrogens with one attached hydrogen (secondary N) is 1. The van der Waals surface area contributed by atoms with Gasteiger partial charge in [0.15, 0.2) is 0 Å². The number of benzene rings is 1. The van der Waals surface area contributed by atoms with E-state index < -0.39 is 0 Å². The van der Waals surface area contributed by atoms with E-state index in [1.54, 1.807) is 18.6 Å². The van der Waals surface area contributed by atoms with Gasteiger partial charge in [-0.1, -0.05) is 0 Å². The van der Waals surface area contributed by atoms with Crippen molar-refractivity contribution in [1.29, 1.82) is 0 Å². The quantitative estimate of drug-likeness (QED) is 0.535. The van der Waals surface area contributed by atoms with Gasteiger partial charge in [0.1, 0.15) is 0 Å². The van der Waals surface area contributed by atoms with Crippen molar-refractivity contribution in [1.82, 2.24) is 4.98 Å². The van der Waals surface area contributed by atoms with E-state index >= 15 is 0 Å². The van der Waals surface area contributed by atoms with Gasteiger partial charge in [0.25, 0.3) is 0 Å². The summed E-state index contributed by atoms with van der Waals surface area (Å²) in [7, 11) is 0. The van der Waals surface area contributed by atoms with Crippen LogP contribution >= 0.6 is 22.6 Å². The van der Waals surface area contributed by atoms with Crippen LogP contribution in [0.2, 0.25) is 0 Å². The number of nitrogens with zero attached hydrogens (tertiary/aromatic N) is 2. The van der Waals surface area contributed by atoms with Gasteiger partial charge in [-0.05, 0) is 64.6 Å². The van der Waals surface area contributed by atoms with Crippen LogP contribution in [0.5, 0.6) is 0 Å². The maximum atomic E-state index is 4.14. The van der Waals surface area contributed by atoms with Gasteiger partial charge in [-0.15, -0.1) is 0 Å². The minimum absolute atomic E-state index is 0.978. The fourth-order valence-electron chi connectivity index (χ4n) is 1.16. The summed E-state index contributed by atoms with van der Waals surface area (Å²) < 4.78 is 1.21. The second-order valence-electron chi connectivity index (χ2n) is 3.16. The third-order valence-electron chi connectivity index (χ3n) is 1.96. The Kier molecular flexibility index (Phi) is 3.87. The zero-order valence-electron chi connectivity index (χ0n) is 8.47. The van der Waals surface area contributed by atoms with Crippen LogP contribution in [-0.2, 0) is 0 Å². The smallest absolute Gasteiger partial charge is 0.0562 e. The van der Waals surface area contributed by atoms with Crippen molar-refractivity contribution in [3.05, 3.63) is 57.9 Å². The Bertz CT molecular complexity index is 465. The Balaban J connectivity index is 1.97. The Morgan fingerprint density at radius 1 is 1.06 bits per heavy atom. The molecule has 1 aromatic heterocycles. The number of pyridine rings is 1. The number of anilines is 1. The summed E-state index contributed by atoms with van der Waals surface area (Å²) in [6.45, 7) is 0. The predicted molar refractivity (Wildman–Crippen MR) is 74.6 cm³/mol. The molecule has 2 rings (SSSR count). The third-order valence-corrected chi connectivity index (χ3v) is 2.68. The van der Waals surface area contributed by atoms with E-state index in [1.807, 2.05) is 36.4 Å². The first-order valence-electron chi connectivity index (χ1n) is 4.79. The number of hydrogen-bond acceptors (Lipinski definition) is 3. The average Bonchev–Trinajstić information content (AvgIpc) is 2.33. The van der Waals surface area contributed by atoms with Gasteiger partial charge >= 0.3 is 0 Å². The minimum atomic E-state index is 0.978. The van der Waals surface area contributed by atoms with Crippen molar-refractivity contribution >= 4 is 34.5 Å². The van der Waals surface area contributed by atoms with Crippen LogP contribution in [-0.4, -0.2) is 11.2 Å². The highest BCUT2D eigenvalue weighted by molar-refractivity contribution is 14.1. The minimum Gasteiger partial charge on any atom is -0.279 e. The monoisotopic (exact) mass is 323 g/mol. The van der Waals surface area contributed by atoms with Gasteiger partial charge in [-0.25, -0.2) is 0 Å². The fourth-order valence-corrected chi connectivity index (χ4v) is 1.51. The van der Waals surface area contributed by atoms with Crippen LogP contribution in [0, 0.1) is 3.57 Å². The van der Waals surface area contributed by atoms with Gasteiger partial charge in [0.2, 0.25) is 0 Å². The first-order chi connectivity index (χ1) is 7.84. The van der Waals surface area contributed by atoms with Crippen LogP contribution in [0.4, 0.5) is 5.69 Å². The Hall–Kier alpha value is -1.43. The summed E-state index contributed by atoms with van der Waals surface area (Å²) in [6, 6.07) is 11.9. The van der Waals surface area contributed by atoms with Gasteiger partial charge in [0, 0.05) is 16.0 Å². The Morgan fingerprint density at radius 2 is 1.75 bits per heavy atom. The highest BCUT2D eigenvalue weighted by atomic mass is 127. The molecule has 3 nitrogen and oxygen atoms in total. The molecule has 2 aromatic rings. The molecule has 0 radical (unpaired) electrons. The van der Waals surface area contributed by atoms with Crippen LogP contribution in [0.15, 0.2) is 53.9 Å². The SMILES string of the molecule is Ic1ccc(N/N=C/c2ccncc2)cc1. The first-order valence-corrected chi connectivity index (χ1v) is 5.87. The highest BCUT2D eigenvalue weighted by Crippen LogP contribution is 2.10. The van der Waals surface area contributed by atoms with Crippen LogP contribution in [0.25, 0.3) is 0 Å². The van der Waals surface area contributed by atoms with Crippen LogP contribution in [0.1, 0.15) is 5.56 Å². The topological polar surface area (TPSA) is 37.3 Å². The second-order valence-corrected chi connectivity index (χ2v) is 4.40. The molecule has 80 valence electrons. The maximum absolute atomic E-state index is 4.14. The highest BCUT2D eigenvalue weighted by Gasteiger charge is 1.89. The van der Waals surface area contributed by atoms with Gasteiger partial charge in [-0.2, -0.15) is 5.10 Å².